The fourth-order valence-electron chi connectivity index (χ4n) is 2.27. The fraction of sp³-hybridized carbons (Fsp3) is 0.111. The van der Waals surface area contributed by atoms with Crippen LogP contribution in [0.4, 0.5) is 36.3 Å². The predicted octanol–water partition coefficient (Wildman–Crippen LogP) is 5.94. The van der Waals surface area contributed by atoms with Crippen molar-refractivity contribution in [2.45, 2.75) is 13.1 Å². The second-order valence-electron chi connectivity index (χ2n) is 5.55. The molecular weight excluding hydrogens is 365 g/mol. The lowest BCUT2D eigenvalue weighted by Gasteiger charge is -2.12. The molecule has 0 amide bonds. The molecule has 134 valence electrons. The Labute approximate surface area is 153 Å². The van der Waals surface area contributed by atoms with Crippen LogP contribution in [0.15, 0.2) is 54.6 Å². The number of halogens is 4. The zero-order valence-electron chi connectivity index (χ0n) is 13.6. The number of hydrogen-bond donors (Lipinski definition) is 2. The molecule has 26 heavy (non-hydrogen) atoms. The van der Waals surface area contributed by atoms with Crippen molar-refractivity contribution in [2.24, 2.45) is 0 Å². The van der Waals surface area contributed by atoms with Crippen LogP contribution >= 0.6 is 11.6 Å². The first-order valence-electron chi connectivity index (χ1n) is 7.62. The van der Waals surface area contributed by atoms with Gasteiger partial charge in [-0.15, -0.1) is 0 Å². The number of aryl methyl sites for hydroxylation is 1. The van der Waals surface area contributed by atoms with Gasteiger partial charge in [0.25, 0.3) is 0 Å². The predicted molar refractivity (Wildman–Crippen MR) is 96.2 cm³/mol. The summed E-state index contributed by atoms with van der Waals surface area (Å²) in [6.07, 6.45) is -4.41. The number of hydrogen-bond acceptors (Lipinski definition) is 4. The molecule has 0 aliphatic carbocycles. The molecule has 0 radical (unpaired) electrons. The fourth-order valence-corrected chi connectivity index (χ4v) is 2.40. The Balaban J connectivity index is 1.83. The molecule has 1 heterocycles. The van der Waals surface area contributed by atoms with E-state index in [-0.39, 0.29) is 11.6 Å². The highest BCUT2D eigenvalue weighted by molar-refractivity contribution is 6.30. The van der Waals surface area contributed by atoms with Gasteiger partial charge < -0.3 is 10.6 Å². The van der Waals surface area contributed by atoms with E-state index < -0.39 is 11.7 Å². The Bertz CT molecular complexity index is 911. The van der Waals surface area contributed by atoms with Crippen molar-refractivity contribution in [1.82, 2.24) is 9.97 Å². The van der Waals surface area contributed by atoms with Gasteiger partial charge in [0.1, 0.15) is 5.82 Å². The van der Waals surface area contributed by atoms with Gasteiger partial charge in [-0.1, -0.05) is 17.7 Å². The topological polar surface area (TPSA) is 49.8 Å². The summed E-state index contributed by atoms with van der Waals surface area (Å²) in [7, 11) is 0. The molecule has 3 rings (SSSR count). The summed E-state index contributed by atoms with van der Waals surface area (Å²) >= 11 is 5.86. The summed E-state index contributed by atoms with van der Waals surface area (Å²) in [5.74, 6) is 0.704. The van der Waals surface area contributed by atoms with Crippen LogP contribution in [-0.2, 0) is 6.18 Å². The van der Waals surface area contributed by atoms with Gasteiger partial charge in [-0.25, -0.2) is 4.98 Å². The first-order chi connectivity index (χ1) is 12.3. The molecule has 0 bridgehead atoms. The Hall–Kier alpha value is -2.80. The van der Waals surface area contributed by atoms with E-state index in [0.717, 1.165) is 17.8 Å². The van der Waals surface area contributed by atoms with Crippen LogP contribution in [0.25, 0.3) is 0 Å². The lowest BCUT2D eigenvalue weighted by molar-refractivity contribution is -0.137. The third kappa shape index (κ3) is 4.64. The van der Waals surface area contributed by atoms with Crippen LogP contribution in [0.1, 0.15) is 11.3 Å². The van der Waals surface area contributed by atoms with E-state index in [4.69, 9.17) is 11.6 Å². The summed E-state index contributed by atoms with van der Waals surface area (Å²) in [6, 6.07) is 13.7. The lowest BCUT2D eigenvalue weighted by Crippen LogP contribution is -2.06. The summed E-state index contributed by atoms with van der Waals surface area (Å²) in [5.41, 5.74) is 0.945. The maximum Gasteiger partial charge on any atom is 0.416 e. The van der Waals surface area contributed by atoms with Gasteiger partial charge in [0.05, 0.1) is 5.56 Å². The first-order valence-corrected chi connectivity index (χ1v) is 8.00. The van der Waals surface area contributed by atoms with Crippen LogP contribution in [0.2, 0.25) is 5.02 Å². The highest BCUT2D eigenvalue weighted by Gasteiger charge is 2.30. The average Bonchev–Trinajstić information content (AvgIpc) is 2.56. The van der Waals surface area contributed by atoms with E-state index in [2.05, 4.69) is 20.6 Å². The van der Waals surface area contributed by atoms with Gasteiger partial charge in [-0.3, -0.25) is 0 Å². The van der Waals surface area contributed by atoms with E-state index in [1.807, 2.05) is 0 Å². The minimum atomic E-state index is -4.41. The summed E-state index contributed by atoms with van der Waals surface area (Å²) < 4.78 is 38.5. The highest BCUT2D eigenvalue weighted by atomic mass is 35.5. The zero-order chi connectivity index (χ0) is 18.7. The molecule has 1 aromatic heterocycles. The van der Waals surface area contributed by atoms with Crippen molar-refractivity contribution < 1.29 is 13.2 Å². The maximum atomic E-state index is 12.8. The first kappa shape index (κ1) is 18.0. The molecule has 8 heteroatoms. The average molecular weight is 379 g/mol. The monoisotopic (exact) mass is 378 g/mol. The van der Waals surface area contributed by atoms with Gasteiger partial charge >= 0.3 is 6.18 Å². The van der Waals surface area contributed by atoms with E-state index >= 15 is 0 Å². The van der Waals surface area contributed by atoms with Crippen molar-refractivity contribution >= 4 is 34.7 Å². The summed E-state index contributed by atoms with van der Waals surface area (Å²) in [4.78, 5) is 8.50. The van der Waals surface area contributed by atoms with Gasteiger partial charge in [-0.05, 0) is 49.4 Å². The second-order valence-corrected chi connectivity index (χ2v) is 5.99. The van der Waals surface area contributed by atoms with Gasteiger partial charge in [0.2, 0.25) is 5.95 Å². The summed E-state index contributed by atoms with van der Waals surface area (Å²) in [5, 5.41) is 6.53. The number of rotatable bonds is 4. The minimum absolute atomic E-state index is 0.195. The van der Waals surface area contributed by atoms with Crippen molar-refractivity contribution in [3.8, 4) is 0 Å². The van der Waals surface area contributed by atoms with Crippen LogP contribution in [0, 0.1) is 6.92 Å². The molecule has 0 spiro atoms. The molecule has 2 N–H and O–H groups in total. The SMILES string of the molecule is Cc1cc(Nc2ccc(Cl)cc2)nc(Nc2cccc(C(F)(F)F)c2)n1. The van der Waals surface area contributed by atoms with Crippen LogP contribution in [0.3, 0.4) is 0 Å². The van der Waals surface area contributed by atoms with Crippen LogP contribution in [0.5, 0.6) is 0 Å². The van der Waals surface area contributed by atoms with E-state index in [0.29, 0.717) is 16.5 Å². The lowest BCUT2D eigenvalue weighted by atomic mass is 10.2. The molecule has 2 aromatic carbocycles. The molecule has 3 aromatic rings. The maximum absolute atomic E-state index is 12.8. The van der Waals surface area contributed by atoms with Gasteiger partial charge in [0.15, 0.2) is 0 Å². The molecule has 0 aliphatic rings. The smallest absolute Gasteiger partial charge is 0.340 e. The standard InChI is InChI=1S/C18H14ClF3N4/c1-11-9-16(24-14-7-5-13(19)6-8-14)26-17(23-11)25-15-4-2-3-12(10-15)18(20,21)22/h2-10H,1H3,(H2,23,24,25,26). The quantitative estimate of drug-likeness (QED) is 0.589. The van der Waals surface area contributed by atoms with E-state index in [1.54, 1.807) is 37.3 Å². The Kier molecular flexibility index (Phi) is 4.99. The van der Waals surface area contributed by atoms with Gasteiger partial charge in [-0.2, -0.15) is 18.2 Å². The third-order valence-corrected chi connectivity index (χ3v) is 3.67. The number of alkyl halides is 3. The molecule has 0 unspecified atom stereocenters. The van der Waals surface area contributed by atoms with Crippen molar-refractivity contribution in [3.63, 3.8) is 0 Å². The van der Waals surface area contributed by atoms with Gasteiger partial charge in [0, 0.05) is 28.2 Å². The number of nitrogens with zero attached hydrogens (tertiary/aromatic N) is 2. The molecule has 0 saturated heterocycles. The van der Waals surface area contributed by atoms with E-state index in [1.165, 1.54) is 12.1 Å². The zero-order valence-corrected chi connectivity index (χ0v) is 14.4. The highest BCUT2D eigenvalue weighted by Crippen LogP contribution is 2.31. The second kappa shape index (κ2) is 7.21. The normalized spacial score (nSPS) is 11.3. The summed E-state index contributed by atoms with van der Waals surface area (Å²) in [6.45, 7) is 1.77. The number of benzene rings is 2. The minimum Gasteiger partial charge on any atom is -0.340 e. The molecule has 4 nitrogen and oxygen atoms in total. The van der Waals surface area contributed by atoms with Crippen LogP contribution in [-0.4, -0.2) is 9.97 Å². The van der Waals surface area contributed by atoms with Crippen LogP contribution < -0.4 is 10.6 Å². The Morgan fingerprint density at radius 1 is 0.885 bits per heavy atom. The van der Waals surface area contributed by atoms with Crippen molar-refractivity contribution in [1.29, 1.82) is 0 Å². The third-order valence-electron chi connectivity index (χ3n) is 3.42. The number of nitrogens with one attached hydrogen (secondary N) is 2. The van der Waals surface area contributed by atoms with Crippen molar-refractivity contribution in [3.05, 3.63) is 70.9 Å². The Morgan fingerprint density at radius 2 is 1.62 bits per heavy atom. The largest absolute Gasteiger partial charge is 0.416 e. The van der Waals surface area contributed by atoms with E-state index in [9.17, 15) is 13.2 Å². The van der Waals surface area contributed by atoms with Crippen molar-refractivity contribution in [2.75, 3.05) is 10.6 Å². The molecule has 0 fully saturated rings. The molecule has 0 aliphatic heterocycles. The Morgan fingerprint density at radius 3 is 2.31 bits per heavy atom. The number of anilines is 4. The number of aromatic nitrogens is 2. The molecule has 0 saturated carbocycles. The molecule has 0 atom stereocenters. The molecular formula is C18H14ClF3N4.